The number of hydrogen-bond acceptors (Lipinski definition) is 3. The first-order chi connectivity index (χ1) is 6.98. The summed E-state index contributed by atoms with van der Waals surface area (Å²) in [5.74, 6) is 0.0554. The van der Waals surface area contributed by atoms with E-state index in [-0.39, 0.29) is 5.78 Å². The number of alkyl halides is 1. The Morgan fingerprint density at radius 2 is 2.33 bits per heavy atom. The molecular weight excluding hydrogens is 260 g/mol. The quantitative estimate of drug-likeness (QED) is 0.449. The van der Waals surface area contributed by atoms with Crippen LogP contribution in [0.3, 0.4) is 0 Å². The highest BCUT2D eigenvalue weighted by molar-refractivity contribution is 9.10. The normalized spacial score (nSPS) is 46.0. The molecule has 0 bridgehead atoms. The molecule has 1 N–H and O–H groups in total. The Labute approximate surface area is 97.6 Å². The van der Waals surface area contributed by atoms with Crippen molar-refractivity contribution in [2.24, 2.45) is 0 Å². The summed E-state index contributed by atoms with van der Waals surface area (Å²) in [4.78, 5) is 11.1. The third kappa shape index (κ3) is 1.35. The van der Waals surface area contributed by atoms with Crippen LogP contribution in [-0.4, -0.2) is 33.5 Å². The van der Waals surface area contributed by atoms with E-state index < -0.39 is 16.0 Å². The topological polar surface area (TPSA) is 49.8 Å². The van der Waals surface area contributed by atoms with E-state index in [2.05, 4.69) is 15.9 Å². The first kappa shape index (κ1) is 11.3. The molecule has 0 aromatic rings. The lowest BCUT2D eigenvalue weighted by Crippen LogP contribution is -2.59. The third-order valence-corrected chi connectivity index (χ3v) is 4.82. The molecule has 1 aliphatic carbocycles. The van der Waals surface area contributed by atoms with E-state index in [9.17, 15) is 9.90 Å². The van der Waals surface area contributed by atoms with Gasteiger partial charge in [-0.05, 0) is 25.8 Å². The summed E-state index contributed by atoms with van der Waals surface area (Å²) >= 11 is 3.31. The van der Waals surface area contributed by atoms with Gasteiger partial charge in [-0.1, -0.05) is 22.0 Å². The van der Waals surface area contributed by atoms with Gasteiger partial charge in [0.1, 0.15) is 21.8 Å². The average molecular weight is 275 g/mol. The molecule has 0 amide bonds. The molecule has 1 saturated heterocycles. The van der Waals surface area contributed by atoms with Crippen LogP contribution in [0, 0.1) is 0 Å². The van der Waals surface area contributed by atoms with E-state index in [0.29, 0.717) is 19.4 Å². The van der Waals surface area contributed by atoms with Crippen molar-refractivity contribution in [3.8, 4) is 0 Å². The fourth-order valence-electron chi connectivity index (χ4n) is 2.34. The first-order valence-corrected chi connectivity index (χ1v) is 6.06. The van der Waals surface area contributed by atoms with Gasteiger partial charge >= 0.3 is 0 Å². The number of hydrogen-bond donors (Lipinski definition) is 1. The maximum Gasteiger partial charge on any atom is 0.149 e. The van der Waals surface area contributed by atoms with Crippen LogP contribution >= 0.6 is 15.9 Å². The smallest absolute Gasteiger partial charge is 0.149 e. The lowest BCUT2D eigenvalue weighted by Gasteiger charge is -2.42. The molecule has 1 aliphatic heterocycles. The number of carbonyl (C=O) groups is 1. The molecule has 3 atom stereocenters. The van der Waals surface area contributed by atoms with E-state index in [1.165, 1.54) is 0 Å². The van der Waals surface area contributed by atoms with Gasteiger partial charge in [0.2, 0.25) is 0 Å². The average Bonchev–Trinajstić information content (AvgIpc) is 3.01. The van der Waals surface area contributed by atoms with Crippen LogP contribution in [0.5, 0.6) is 0 Å². The molecule has 2 aliphatic rings. The molecule has 3 unspecified atom stereocenters. The highest BCUT2D eigenvalue weighted by atomic mass is 79.9. The van der Waals surface area contributed by atoms with Crippen LogP contribution in [0.15, 0.2) is 11.6 Å². The fraction of sp³-hybridized carbons (Fsp3) is 0.727. The summed E-state index contributed by atoms with van der Waals surface area (Å²) in [6.45, 7) is 4.25. The standard InChI is InChI=1S/C11H15BrO3/c1-3-7(2)11(14)9(12)8(13)4-5-10(11)6-15-10/h3,9,14H,4-6H2,1-2H3. The van der Waals surface area contributed by atoms with E-state index in [4.69, 9.17) is 4.74 Å². The van der Waals surface area contributed by atoms with E-state index >= 15 is 0 Å². The van der Waals surface area contributed by atoms with Crippen molar-refractivity contribution in [1.29, 1.82) is 0 Å². The number of carbonyl (C=O) groups excluding carboxylic acids is 1. The second-order valence-corrected chi connectivity index (χ2v) is 5.27. The number of ether oxygens (including phenoxy) is 1. The van der Waals surface area contributed by atoms with Crippen LogP contribution in [-0.2, 0) is 9.53 Å². The zero-order valence-corrected chi connectivity index (χ0v) is 10.5. The number of Topliss-reactive ketones (excluding diaryl/α,β-unsaturated/α-hetero) is 1. The highest BCUT2D eigenvalue weighted by Crippen LogP contribution is 2.52. The minimum Gasteiger partial charge on any atom is -0.381 e. The first-order valence-electron chi connectivity index (χ1n) is 5.14. The molecular formula is C11H15BrO3. The summed E-state index contributed by atoms with van der Waals surface area (Å²) in [6.07, 6.45) is 2.95. The van der Waals surface area contributed by atoms with Gasteiger partial charge in [-0.15, -0.1) is 0 Å². The van der Waals surface area contributed by atoms with Crippen LogP contribution in [0.25, 0.3) is 0 Å². The third-order valence-electron chi connectivity index (χ3n) is 3.65. The van der Waals surface area contributed by atoms with Gasteiger partial charge in [-0.3, -0.25) is 4.79 Å². The van der Waals surface area contributed by atoms with Crippen LogP contribution in [0.1, 0.15) is 26.7 Å². The Balaban J connectivity index is 2.43. The molecule has 2 rings (SSSR count). The number of aliphatic hydroxyl groups is 1. The molecule has 1 saturated carbocycles. The van der Waals surface area contributed by atoms with Crippen molar-refractivity contribution in [3.05, 3.63) is 11.6 Å². The predicted octanol–water partition coefficient (Wildman–Crippen LogP) is 1.58. The number of rotatable bonds is 1. The maximum atomic E-state index is 11.7. The zero-order chi connectivity index (χ0) is 11.3. The van der Waals surface area contributed by atoms with E-state index in [0.717, 1.165) is 5.57 Å². The Morgan fingerprint density at radius 1 is 1.73 bits per heavy atom. The van der Waals surface area contributed by atoms with Crippen LogP contribution in [0.2, 0.25) is 0 Å². The van der Waals surface area contributed by atoms with Crippen LogP contribution < -0.4 is 0 Å². The summed E-state index contributed by atoms with van der Waals surface area (Å²) < 4.78 is 5.42. The van der Waals surface area contributed by atoms with Gasteiger partial charge in [0.25, 0.3) is 0 Å². The lowest BCUT2D eigenvalue weighted by molar-refractivity contribution is -0.129. The van der Waals surface area contributed by atoms with Gasteiger partial charge in [0.05, 0.1) is 6.61 Å². The molecule has 2 fully saturated rings. The van der Waals surface area contributed by atoms with Gasteiger partial charge in [-0.2, -0.15) is 0 Å². The van der Waals surface area contributed by atoms with Crippen molar-refractivity contribution < 1.29 is 14.6 Å². The molecule has 84 valence electrons. The SMILES string of the molecule is CC=C(C)C1(O)C(Br)C(=O)CCC12CO2. The van der Waals surface area contributed by atoms with Gasteiger partial charge < -0.3 is 9.84 Å². The monoisotopic (exact) mass is 274 g/mol. The molecule has 0 radical (unpaired) electrons. The highest BCUT2D eigenvalue weighted by Gasteiger charge is 2.67. The molecule has 0 aromatic carbocycles. The maximum absolute atomic E-state index is 11.7. The number of ketones is 1. The van der Waals surface area contributed by atoms with Gasteiger partial charge in [0, 0.05) is 6.42 Å². The Kier molecular flexibility index (Phi) is 2.56. The van der Waals surface area contributed by atoms with Gasteiger partial charge in [-0.25, -0.2) is 0 Å². The molecule has 3 nitrogen and oxygen atoms in total. The van der Waals surface area contributed by atoms with Crippen molar-refractivity contribution >= 4 is 21.7 Å². The summed E-state index contributed by atoms with van der Waals surface area (Å²) in [6, 6.07) is 0. The van der Waals surface area contributed by atoms with Crippen molar-refractivity contribution in [2.45, 2.75) is 42.7 Å². The lowest BCUT2D eigenvalue weighted by atomic mass is 9.71. The summed E-state index contributed by atoms with van der Waals surface area (Å²) in [5, 5.41) is 10.7. The summed E-state index contributed by atoms with van der Waals surface area (Å²) in [7, 11) is 0. The Hall–Kier alpha value is -0.190. The molecule has 4 heteroatoms. The minimum atomic E-state index is -1.17. The minimum absolute atomic E-state index is 0.0554. The fourth-order valence-corrected chi connectivity index (χ4v) is 3.34. The van der Waals surface area contributed by atoms with Crippen molar-refractivity contribution in [1.82, 2.24) is 0 Å². The number of allylic oxidation sites excluding steroid dienone is 1. The molecule has 1 spiro atoms. The van der Waals surface area contributed by atoms with Crippen LogP contribution in [0.4, 0.5) is 0 Å². The summed E-state index contributed by atoms with van der Waals surface area (Å²) in [5.41, 5.74) is -0.891. The molecule has 0 aromatic heterocycles. The zero-order valence-electron chi connectivity index (χ0n) is 8.92. The second kappa shape index (κ2) is 3.40. The second-order valence-electron chi connectivity index (χ2n) is 4.35. The Bertz CT molecular complexity index is 333. The predicted molar refractivity (Wildman–Crippen MR) is 60.0 cm³/mol. The number of halogens is 1. The number of epoxide rings is 1. The van der Waals surface area contributed by atoms with Crippen molar-refractivity contribution in [2.75, 3.05) is 6.61 Å². The molecule has 15 heavy (non-hydrogen) atoms. The van der Waals surface area contributed by atoms with E-state index in [1.54, 1.807) is 0 Å². The van der Waals surface area contributed by atoms with Gasteiger partial charge in [0.15, 0.2) is 0 Å². The molecule has 1 heterocycles. The Morgan fingerprint density at radius 3 is 2.80 bits per heavy atom. The van der Waals surface area contributed by atoms with Crippen molar-refractivity contribution in [3.63, 3.8) is 0 Å². The largest absolute Gasteiger partial charge is 0.381 e. The van der Waals surface area contributed by atoms with E-state index in [1.807, 2.05) is 19.9 Å².